The molecule has 74 heavy (non-hydrogen) atoms. The van der Waals surface area contributed by atoms with Gasteiger partial charge in [0.05, 0.1) is 22.9 Å². The molecule has 2 atom stereocenters. The third-order valence-electron chi connectivity index (χ3n) is 20.4. The second-order valence-corrected chi connectivity index (χ2v) is 26.5. The van der Waals surface area contributed by atoms with Crippen LogP contribution in [0.4, 0.5) is 45.5 Å². The zero-order valence-corrected chi connectivity index (χ0v) is 45.5. The first-order valence-electron chi connectivity index (χ1n) is 27.7. The number of hydrogen-bond donors (Lipinski definition) is 0. The van der Waals surface area contributed by atoms with Crippen LogP contribution in [-0.2, 0) is 27.1 Å². The Morgan fingerprint density at radius 1 is 0.527 bits per heavy atom. The van der Waals surface area contributed by atoms with Crippen LogP contribution in [-0.4, -0.2) is 12.3 Å². The van der Waals surface area contributed by atoms with Crippen LogP contribution in [0, 0.1) is 18.3 Å². The van der Waals surface area contributed by atoms with E-state index in [1.54, 1.807) is 0 Å². The van der Waals surface area contributed by atoms with Gasteiger partial charge in [-0.05, 0) is 197 Å². The lowest BCUT2D eigenvalue weighted by molar-refractivity contribution is 0.195. The molecule has 0 radical (unpaired) electrons. The topological polar surface area (TPSA) is 46.7 Å². The van der Waals surface area contributed by atoms with Crippen molar-refractivity contribution in [3.05, 3.63) is 160 Å². The Labute approximate surface area is 439 Å². The Kier molecular flexibility index (Phi) is 9.30. The predicted molar refractivity (Wildman–Crippen MR) is 311 cm³/mol. The molecule has 0 amide bonds. The minimum atomic E-state index is -0.158. The summed E-state index contributed by atoms with van der Waals surface area (Å²) >= 11 is 0. The van der Waals surface area contributed by atoms with E-state index in [2.05, 4.69) is 218 Å². The number of aryl methyl sites for hydroxylation is 1. The molecule has 2 unspecified atom stereocenters. The monoisotopic (exact) mass is 969 g/mol. The molecule has 1 fully saturated rings. The molecule has 6 aliphatic rings. The van der Waals surface area contributed by atoms with Crippen molar-refractivity contribution in [3.8, 4) is 6.07 Å². The fraction of sp³-hybridized carbons (Fsp3) is 0.368. The van der Waals surface area contributed by atoms with E-state index in [4.69, 9.17) is 4.42 Å². The Morgan fingerprint density at radius 3 is 1.80 bits per heavy atom. The molecule has 3 aliphatic heterocycles. The van der Waals surface area contributed by atoms with Crippen molar-refractivity contribution in [2.75, 3.05) is 14.7 Å². The van der Waals surface area contributed by atoms with Gasteiger partial charge in [-0.2, -0.15) is 5.26 Å². The molecule has 0 saturated heterocycles. The fourth-order valence-electron chi connectivity index (χ4n) is 15.7. The van der Waals surface area contributed by atoms with Gasteiger partial charge in [0.25, 0.3) is 6.71 Å². The lowest BCUT2D eigenvalue weighted by Crippen LogP contribution is -2.64. The number of nitrogens with zero attached hydrogens (tertiary/aromatic N) is 4. The standard InChI is InChI=1S/C68H69BN4O/c1-41-33-57-60-58(34-41)73-61-52(67(10)27-14-15-28-68(67,73)11)35-42(40-70)36-54(61)69(60)53-26-23-45(39-56(53)72(57)55-19-16-18-47-46-17-12-13-20-59(46)74-62(47)55)71(43-21-24-48-50(37-43)65(6,7)31-29-63(48,2)3)44-22-25-49-51(38-44)66(8,9)32-30-64(49,4)5/h12-13,16-26,33-39H,14-15,27-32H2,1-11H3. The Bertz CT molecular complexity index is 3730. The summed E-state index contributed by atoms with van der Waals surface area (Å²) in [4.78, 5) is 7.88. The van der Waals surface area contributed by atoms with Crippen LogP contribution in [0.15, 0.2) is 126 Å². The molecule has 0 spiro atoms. The molecule has 1 aromatic heterocycles. The van der Waals surface area contributed by atoms with Gasteiger partial charge >= 0.3 is 0 Å². The number of rotatable bonds is 4. The van der Waals surface area contributed by atoms with Gasteiger partial charge in [-0.25, -0.2) is 0 Å². The molecule has 8 aromatic rings. The van der Waals surface area contributed by atoms with Crippen molar-refractivity contribution in [2.45, 2.75) is 160 Å². The molecule has 6 heteroatoms. The maximum Gasteiger partial charge on any atom is 0.252 e. The second kappa shape index (κ2) is 15.0. The first kappa shape index (κ1) is 45.9. The highest BCUT2D eigenvalue weighted by Gasteiger charge is 2.61. The number of fused-ring (bicyclic) bond motifs is 12. The smallest absolute Gasteiger partial charge is 0.252 e. The summed E-state index contributed by atoms with van der Waals surface area (Å²) in [5, 5.41) is 13.1. The van der Waals surface area contributed by atoms with E-state index in [9.17, 15) is 5.26 Å². The van der Waals surface area contributed by atoms with E-state index in [0.29, 0.717) is 0 Å². The number of anilines is 8. The van der Waals surface area contributed by atoms with E-state index >= 15 is 0 Å². The normalized spacial score (nSPS) is 22.8. The number of furan rings is 1. The van der Waals surface area contributed by atoms with Gasteiger partial charge in [-0.15, -0.1) is 0 Å². The highest BCUT2D eigenvalue weighted by Crippen LogP contribution is 2.62. The van der Waals surface area contributed by atoms with Crippen molar-refractivity contribution in [1.29, 1.82) is 5.26 Å². The lowest BCUT2D eigenvalue weighted by atomic mass is 9.33. The number of hydrogen-bond acceptors (Lipinski definition) is 5. The van der Waals surface area contributed by atoms with Crippen molar-refractivity contribution >= 4 is 90.5 Å². The first-order valence-corrected chi connectivity index (χ1v) is 27.7. The molecule has 4 heterocycles. The van der Waals surface area contributed by atoms with E-state index in [0.717, 1.165) is 70.2 Å². The summed E-state index contributed by atoms with van der Waals surface area (Å²) in [6.07, 6.45) is 9.22. The fourth-order valence-corrected chi connectivity index (χ4v) is 15.7. The molecule has 1 saturated carbocycles. The summed E-state index contributed by atoms with van der Waals surface area (Å²) in [5.41, 5.74) is 24.1. The zero-order valence-electron chi connectivity index (χ0n) is 45.5. The summed E-state index contributed by atoms with van der Waals surface area (Å²) in [7, 11) is 0. The molecule has 0 N–H and O–H groups in total. The SMILES string of the molecule is Cc1cc2c3c(c1)N1c4c(cc(C#N)cc4C4(C)CCCCC14C)B3c1ccc(N(c3ccc4c(c3)C(C)(C)CCC4(C)C)c3ccc4c(c3)C(C)(C)CCC4(C)C)cc1N2c1cccc2c1oc1ccccc12. The average molecular weight is 969 g/mol. The quantitative estimate of drug-likeness (QED) is 0.165. The Hall–Kier alpha value is -6.71. The third kappa shape index (κ3) is 6.05. The number of nitriles is 1. The van der Waals surface area contributed by atoms with E-state index in [1.807, 2.05) is 0 Å². The predicted octanol–water partition coefficient (Wildman–Crippen LogP) is 16.3. The number of para-hydroxylation sites is 2. The maximum absolute atomic E-state index is 10.9. The average Bonchev–Trinajstić information content (AvgIpc) is 3.86. The highest BCUT2D eigenvalue weighted by atomic mass is 16.3. The Balaban J connectivity index is 1.08. The minimum absolute atomic E-state index is 0.0321. The molecular formula is C68H69BN4O. The van der Waals surface area contributed by atoms with Crippen LogP contribution in [0.25, 0.3) is 21.9 Å². The van der Waals surface area contributed by atoms with E-state index < -0.39 is 0 Å². The molecule has 3 aliphatic carbocycles. The zero-order chi connectivity index (χ0) is 51.2. The van der Waals surface area contributed by atoms with Crippen LogP contribution in [0.1, 0.15) is 160 Å². The van der Waals surface area contributed by atoms with Gasteiger partial charge in [0.1, 0.15) is 5.58 Å². The summed E-state index contributed by atoms with van der Waals surface area (Å²) in [5.74, 6) is 0. The summed E-state index contributed by atoms with van der Waals surface area (Å²) < 4.78 is 7.03. The first-order chi connectivity index (χ1) is 35.2. The summed E-state index contributed by atoms with van der Waals surface area (Å²) in [6, 6.07) is 49.4. The molecular weight excluding hydrogens is 900 g/mol. The molecule has 14 rings (SSSR count). The van der Waals surface area contributed by atoms with Crippen molar-refractivity contribution in [3.63, 3.8) is 0 Å². The highest BCUT2D eigenvalue weighted by molar-refractivity contribution is 7.00. The van der Waals surface area contributed by atoms with Gasteiger partial charge in [0, 0.05) is 56.0 Å². The summed E-state index contributed by atoms with van der Waals surface area (Å²) in [6.45, 7) is 26.7. The van der Waals surface area contributed by atoms with Crippen LogP contribution >= 0.6 is 0 Å². The number of benzene rings is 7. The van der Waals surface area contributed by atoms with Gasteiger partial charge in [-0.1, -0.05) is 124 Å². The molecule has 7 aromatic carbocycles. The van der Waals surface area contributed by atoms with Gasteiger partial charge in [-0.3, -0.25) is 0 Å². The maximum atomic E-state index is 10.9. The van der Waals surface area contributed by atoms with E-state index in [-0.39, 0.29) is 39.3 Å². The minimum Gasteiger partial charge on any atom is -0.454 e. The molecule has 5 nitrogen and oxygen atoms in total. The van der Waals surface area contributed by atoms with Gasteiger partial charge in [0.15, 0.2) is 5.58 Å². The molecule has 370 valence electrons. The van der Waals surface area contributed by atoms with Crippen LogP contribution in [0.3, 0.4) is 0 Å². The van der Waals surface area contributed by atoms with Gasteiger partial charge < -0.3 is 19.1 Å². The van der Waals surface area contributed by atoms with Crippen molar-refractivity contribution < 1.29 is 4.42 Å². The Morgan fingerprint density at radius 2 is 1.12 bits per heavy atom. The van der Waals surface area contributed by atoms with Crippen LogP contribution < -0.4 is 31.1 Å². The van der Waals surface area contributed by atoms with E-state index in [1.165, 1.54) is 104 Å². The van der Waals surface area contributed by atoms with Crippen molar-refractivity contribution in [2.24, 2.45) is 0 Å². The van der Waals surface area contributed by atoms with Crippen LogP contribution in [0.2, 0.25) is 0 Å². The van der Waals surface area contributed by atoms with Crippen LogP contribution in [0.5, 0.6) is 0 Å². The second-order valence-electron chi connectivity index (χ2n) is 26.5. The van der Waals surface area contributed by atoms with Crippen molar-refractivity contribution in [1.82, 2.24) is 0 Å². The largest absolute Gasteiger partial charge is 0.454 e. The third-order valence-corrected chi connectivity index (χ3v) is 20.4. The lowest BCUT2D eigenvalue weighted by Gasteiger charge is -2.52. The van der Waals surface area contributed by atoms with Gasteiger partial charge in [0.2, 0.25) is 0 Å². The molecule has 0 bridgehead atoms.